The van der Waals surface area contributed by atoms with Crippen LogP contribution >= 0.6 is 0 Å². The van der Waals surface area contributed by atoms with E-state index < -0.39 is 40.3 Å². The van der Waals surface area contributed by atoms with Gasteiger partial charge in [0.25, 0.3) is 0 Å². The fourth-order valence-corrected chi connectivity index (χ4v) is 7.48. The third-order valence-corrected chi connectivity index (χ3v) is 9.76. The number of aliphatic hydroxyl groups excluding tert-OH is 1. The third kappa shape index (κ3) is 6.12. The van der Waals surface area contributed by atoms with Crippen LogP contribution in [0, 0.1) is 6.92 Å². The van der Waals surface area contributed by atoms with Crippen LogP contribution in [0.3, 0.4) is 0 Å². The summed E-state index contributed by atoms with van der Waals surface area (Å²) in [5, 5.41) is 12.0. The number of nitrogens with zero attached hydrogens (tertiary/aromatic N) is 2. The molecule has 1 unspecified atom stereocenters. The Morgan fingerprint density at radius 1 is 0.795 bits per heavy atom. The Morgan fingerprint density at radius 3 is 1.91 bits per heavy atom. The monoisotopic (exact) mass is 623 g/mol. The third-order valence-electron chi connectivity index (χ3n) is 8.26. The number of hydrogen-bond acceptors (Lipinski definition) is 6. The Bertz CT molecular complexity index is 1700. The van der Waals surface area contributed by atoms with Crippen molar-refractivity contribution in [1.82, 2.24) is 4.72 Å². The van der Waals surface area contributed by atoms with Gasteiger partial charge < -0.3 is 19.6 Å². The van der Waals surface area contributed by atoms with Crippen LogP contribution < -0.4 is 19.3 Å². The van der Waals surface area contributed by atoms with E-state index in [1.807, 2.05) is 67.6 Å². The Hall–Kier alpha value is -4.06. The summed E-state index contributed by atoms with van der Waals surface area (Å²) in [5.41, 5.74) is 6.08. The number of hydrogen-bond donors (Lipinski definition) is 2. The van der Waals surface area contributed by atoms with Crippen LogP contribution in [0.15, 0.2) is 102 Å². The number of rotatable bonds is 6. The normalized spacial score (nSPS) is 20.4. The first-order valence-electron chi connectivity index (χ1n) is 14.3. The number of nitrogens with one attached hydrogen (secondary N) is 1. The highest BCUT2D eigenvalue weighted by Crippen LogP contribution is 2.40. The minimum Gasteiger partial charge on any atom is -0.406 e. The number of alkyl halides is 3. The van der Waals surface area contributed by atoms with Gasteiger partial charge in [0.2, 0.25) is 10.0 Å². The summed E-state index contributed by atoms with van der Waals surface area (Å²) < 4.78 is 71.6. The second-order valence-electron chi connectivity index (χ2n) is 11.1. The molecule has 3 atom stereocenters. The van der Waals surface area contributed by atoms with Gasteiger partial charge in [-0.2, -0.15) is 0 Å². The van der Waals surface area contributed by atoms with E-state index in [9.17, 15) is 26.7 Å². The van der Waals surface area contributed by atoms with Gasteiger partial charge in [0.1, 0.15) is 5.75 Å². The fraction of sp³-hybridized carbons (Fsp3) is 0.273. The first-order chi connectivity index (χ1) is 21.0. The van der Waals surface area contributed by atoms with Crippen molar-refractivity contribution in [2.45, 2.75) is 49.2 Å². The molecule has 2 heterocycles. The maximum absolute atomic E-state index is 13.6. The standard InChI is InChI=1S/C33H32F3N3O4S/c1-22-8-2-5-11-28(22)38-20-27(37-44(41,42)26-18-16-25(17-19-26)43-33(34,35)36)32(40)31(21-38)39-29-12-6-3-9-23(29)14-15-24-10-4-7-13-30(24)39/h2-13,16-19,27,31-32,37,40H,14-15,20-21H2,1H3/t27-,31?,32+/m1/s1. The molecule has 2 aliphatic heterocycles. The fourth-order valence-electron chi connectivity index (χ4n) is 6.24. The molecular formula is C33H32F3N3O4S. The summed E-state index contributed by atoms with van der Waals surface area (Å²) >= 11 is 0. The average Bonchev–Trinajstić information content (AvgIpc) is 3.15. The van der Waals surface area contributed by atoms with Crippen LogP contribution in [0.4, 0.5) is 30.2 Å². The van der Waals surface area contributed by atoms with Gasteiger partial charge in [-0.25, -0.2) is 13.1 Å². The van der Waals surface area contributed by atoms with Crippen molar-refractivity contribution < 1.29 is 31.4 Å². The maximum atomic E-state index is 13.6. The molecule has 11 heteroatoms. The van der Waals surface area contributed by atoms with Gasteiger partial charge in [-0.15, -0.1) is 13.2 Å². The average molecular weight is 624 g/mol. The van der Waals surface area contributed by atoms with Crippen molar-refractivity contribution >= 4 is 27.1 Å². The van der Waals surface area contributed by atoms with E-state index >= 15 is 0 Å². The van der Waals surface area contributed by atoms with Gasteiger partial charge in [-0.05, 0) is 78.9 Å². The van der Waals surface area contributed by atoms with E-state index in [4.69, 9.17) is 0 Å². The molecule has 4 aromatic carbocycles. The number of sulfonamides is 1. The van der Waals surface area contributed by atoms with Crippen LogP contribution in [-0.2, 0) is 22.9 Å². The first-order valence-corrected chi connectivity index (χ1v) is 15.8. The highest BCUT2D eigenvalue weighted by atomic mass is 32.2. The number of halogens is 3. The van der Waals surface area contributed by atoms with Crippen molar-refractivity contribution in [2.24, 2.45) is 0 Å². The summed E-state index contributed by atoms with van der Waals surface area (Å²) in [7, 11) is -4.24. The molecule has 0 saturated carbocycles. The van der Waals surface area contributed by atoms with Gasteiger partial charge in [-0.3, -0.25) is 0 Å². The number of benzene rings is 4. The molecule has 230 valence electrons. The number of ether oxygens (including phenoxy) is 1. The molecule has 1 fully saturated rings. The number of anilines is 3. The maximum Gasteiger partial charge on any atom is 0.573 e. The van der Waals surface area contributed by atoms with E-state index in [-0.39, 0.29) is 11.4 Å². The van der Waals surface area contributed by atoms with E-state index in [0.29, 0.717) is 6.54 Å². The molecule has 1 saturated heterocycles. The van der Waals surface area contributed by atoms with Crippen molar-refractivity contribution in [3.63, 3.8) is 0 Å². The first kappa shape index (κ1) is 30.0. The lowest BCUT2D eigenvalue weighted by molar-refractivity contribution is -0.274. The van der Waals surface area contributed by atoms with Crippen molar-refractivity contribution in [2.75, 3.05) is 22.9 Å². The lowest BCUT2D eigenvalue weighted by Gasteiger charge is -2.48. The number of aryl methyl sites for hydroxylation is 3. The van der Waals surface area contributed by atoms with E-state index in [1.54, 1.807) is 0 Å². The Labute approximate surface area is 254 Å². The topological polar surface area (TPSA) is 82.1 Å². The molecule has 0 aliphatic carbocycles. The number of fused-ring (bicyclic) bond motifs is 2. The second-order valence-corrected chi connectivity index (χ2v) is 12.8. The van der Waals surface area contributed by atoms with Crippen LogP contribution in [0.5, 0.6) is 5.75 Å². The highest BCUT2D eigenvalue weighted by Gasteiger charge is 2.43. The number of aliphatic hydroxyl groups is 1. The zero-order valence-electron chi connectivity index (χ0n) is 23.9. The molecular weight excluding hydrogens is 591 g/mol. The van der Waals surface area contributed by atoms with E-state index in [2.05, 4.69) is 31.4 Å². The highest BCUT2D eigenvalue weighted by molar-refractivity contribution is 7.89. The molecule has 44 heavy (non-hydrogen) atoms. The smallest absolute Gasteiger partial charge is 0.406 e. The van der Waals surface area contributed by atoms with Crippen LogP contribution in [0.2, 0.25) is 0 Å². The second kappa shape index (κ2) is 11.8. The van der Waals surface area contributed by atoms with E-state index in [0.717, 1.165) is 70.9 Å². The molecule has 0 aromatic heterocycles. The molecule has 0 spiro atoms. The molecule has 2 N–H and O–H groups in total. The largest absolute Gasteiger partial charge is 0.573 e. The molecule has 0 bridgehead atoms. The van der Waals surface area contributed by atoms with Gasteiger partial charge in [0, 0.05) is 30.2 Å². The molecule has 4 aromatic rings. The summed E-state index contributed by atoms with van der Waals surface area (Å²) in [6.45, 7) is 2.57. The number of para-hydroxylation sites is 3. The zero-order chi connectivity index (χ0) is 31.1. The predicted octanol–water partition coefficient (Wildman–Crippen LogP) is 5.73. The minimum atomic E-state index is -4.90. The SMILES string of the molecule is Cc1ccccc1N1CC(N2c3ccccc3CCc3ccccc32)[C@@H](O)[C@H](NS(=O)(=O)c2ccc(OC(F)(F)F)cc2)C1. The van der Waals surface area contributed by atoms with Gasteiger partial charge in [-0.1, -0.05) is 54.6 Å². The molecule has 7 nitrogen and oxygen atoms in total. The summed E-state index contributed by atoms with van der Waals surface area (Å²) in [5.74, 6) is -0.529. The molecule has 0 radical (unpaired) electrons. The predicted molar refractivity (Wildman–Crippen MR) is 163 cm³/mol. The van der Waals surface area contributed by atoms with Gasteiger partial charge in [0.05, 0.1) is 23.1 Å². The number of piperidine rings is 1. The summed E-state index contributed by atoms with van der Waals surface area (Å²) in [6, 6.07) is 26.4. The summed E-state index contributed by atoms with van der Waals surface area (Å²) in [4.78, 5) is 3.97. The molecule has 2 aliphatic rings. The molecule has 0 amide bonds. The van der Waals surface area contributed by atoms with Crippen molar-refractivity contribution in [1.29, 1.82) is 0 Å². The van der Waals surface area contributed by atoms with Gasteiger partial charge >= 0.3 is 6.36 Å². The summed E-state index contributed by atoms with van der Waals surface area (Å²) in [6.07, 6.45) is -4.41. The van der Waals surface area contributed by atoms with Crippen LogP contribution in [-0.4, -0.2) is 51.2 Å². The van der Waals surface area contributed by atoms with Crippen molar-refractivity contribution in [3.05, 3.63) is 114 Å². The van der Waals surface area contributed by atoms with Crippen LogP contribution in [0.1, 0.15) is 16.7 Å². The van der Waals surface area contributed by atoms with Crippen LogP contribution in [0.25, 0.3) is 0 Å². The van der Waals surface area contributed by atoms with Crippen molar-refractivity contribution in [3.8, 4) is 5.75 Å². The Balaban J connectivity index is 1.39. The lowest BCUT2D eigenvalue weighted by Crippen LogP contribution is -2.65. The van der Waals surface area contributed by atoms with E-state index in [1.165, 1.54) is 0 Å². The quantitative estimate of drug-likeness (QED) is 0.286. The lowest BCUT2D eigenvalue weighted by atomic mass is 9.93. The Kier molecular flexibility index (Phi) is 8.04. The Morgan fingerprint density at radius 2 is 1.34 bits per heavy atom. The zero-order valence-corrected chi connectivity index (χ0v) is 24.7. The van der Waals surface area contributed by atoms with Gasteiger partial charge in [0.15, 0.2) is 0 Å². The minimum absolute atomic E-state index is 0.175. The molecule has 6 rings (SSSR count).